The summed E-state index contributed by atoms with van der Waals surface area (Å²) in [4.78, 5) is 61.3. The van der Waals surface area contributed by atoms with Gasteiger partial charge in [0.05, 0.1) is 16.8 Å². The first-order valence-electron chi connectivity index (χ1n) is 18.1. The highest BCUT2D eigenvalue weighted by Crippen LogP contribution is 2.47. The van der Waals surface area contributed by atoms with E-state index in [2.05, 4.69) is 26.9 Å². The van der Waals surface area contributed by atoms with Gasteiger partial charge in [0.2, 0.25) is 21.8 Å². The maximum absolute atomic E-state index is 14.7. The molecule has 3 saturated carbocycles. The van der Waals surface area contributed by atoms with Crippen molar-refractivity contribution in [3.05, 3.63) is 66.0 Å². The number of hydrogen-bond donors (Lipinski definition) is 3. The molecule has 1 aromatic heterocycles. The van der Waals surface area contributed by atoms with Gasteiger partial charge in [-0.25, -0.2) is 13.2 Å². The van der Waals surface area contributed by atoms with Gasteiger partial charge < -0.3 is 25.0 Å². The number of amides is 4. The number of ether oxygens (including phenoxy) is 2. The smallest absolute Gasteiger partial charge is 0.408 e. The number of benzene rings is 1. The fourth-order valence-electron chi connectivity index (χ4n) is 7.52. The molecule has 4 amide bonds. The molecular weight excluding hydrogens is 722 g/mol. The Morgan fingerprint density at radius 2 is 1.74 bits per heavy atom. The van der Waals surface area contributed by atoms with Crippen LogP contribution in [0.3, 0.4) is 0 Å². The number of sulfonamides is 1. The van der Waals surface area contributed by atoms with Gasteiger partial charge in [0.25, 0.3) is 5.91 Å². The van der Waals surface area contributed by atoms with Gasteiger partial charge in [-0.05, 0) is 67.6 Å². The van der Waals surface area contributed by atoms with Gasteiger partial charge in [0.1, 0.15) is 29.3 Å². The number of methoxy groups -OCH3 is 1. The van der Waals surface area contributed by atoms with Crippen LogP contribution >= 0.6 is 11.6 Å². The van der Waals surface area contributed by atoms with Gasteiger partial charge in [-0.2, -0.15) is 0 Å². The average Bonchev–Trinajstić information content (AvgIpc) is 4.00. The molecule has 0 bridgehead atoms. The number of pyridine rings is 1. The summed E-state index contributed by atoms with van der Waals surface area (Å²) in [5.41, 5.74) is -1.27. The van der Waals surface area contributed by atoms with E-state index < -0.39 is 73.6 Å². The highest BCUT2D eigenvalue weighted by Gasteiger charge is 2.62. The molecule has 1 saturated heterocycles. The van der Waals surface area contributed by atoms with Gasteiger partial charge >= 0.3 is 6.09 Å². The summed E-state index contributed by atoms with van der Waals surface area (Å²) in [6.45, 7) is 9.14. The van der Waals surface area contributed by atoms with E-state index in [4.69, 9.17) is 21.1 Å². The minimum Gasteiger partial charge on any atom is -0.446 e. The average molecular weight is 770 g/mol. The first-order chi connectivity index (χ1) is 25.0. The fraction of sp³-hybridized carbons (Fsp3) is 0.553. The standard InChI is InChI=1S/C38H48ClN5O8S/c1-6-24-19-38(24,34(47)43-53(49,50)27-15-16-27)42-32(45)30-20-37(51-5,25-13-11-23(12-14-25)28-17-18-40-21-29(28)39)22-44(30)33(46)31(36(2,3)4)41-35(48)52-26-9-7-8-10-26/h6,11-14,17-18,21,24,26-27,30-31H,1,7-10,15-16,19-20,22H2,2-5H3,(H,41,48)(H,42,45)(H,43,47)/t24-,30+,31-,37+,38-/m1/s1. The number of carbonyl (C=O) groups is 4. The predicted molar refractivity (Wildman–Crippen MR) is 198 cm³/mol. The predicted octanol–water partition coefficient (Wildman–Crippen LogP) is 4.60. The summed E-state index contributed by atoms with van der Waals surface area (Å²) in [5.74, 6) is -2.57. The Balaban J connectivity index is 1.32. The number of likely N-dealkylation sites (tertiary alicyclic amines) is 1. The van der Waals surface area contributed by atoms with Crippen LogP contribution in [0.5, 0.6) is 0 Å². The van der Waals surface area contributed by atoms with Crippen molar-refractivity contribution in [2.75, 3.05) is 13.7 Å². The zero-order valence-corrected chi connectivity index (χ0v) is 32.1. The third-order valence-corrected chi connectivity index (χ3v) is 13.1. The number of nitrogens with zero attached hydrogens (tertiary/aromatic N) is 2. The number of nitrogens with one attached hydrogen (secondary N) is 3. The minimum absolute atomic E-state index is 0.00333. The van der Waals surface area contributed by atoms with Crippen LogP contribution in [0.1, 0.15) is 77.7 Å². The first-order valence-corrected chi connectivity index (χ1v) is 20.0. The van der Waals surface area contributed by atoms with Crippen molar-refractivity contribution in [2.45, 2.75) is 107 Å². The second-order valence-corrected chi connectivity index (χ2v) is 18.1. The van der Waals surface area contributed by atoms with Gasteiger partial charge in [-0.1, -0.05) is 62.7 Å². The lowest BCUT2D eigenvalue weighted by Gasteiger charge is -2.36. The zero-order valence-electron chi connectivity index (χ0n) is 30.5. The molecule has 0 spiro atoms. The topological polar surface area (TPSA) is 173 Å². The van der Waals surface area contributed by atoms with Crippen molar-refractivity contribution in [1.29, 1.82) is 0 Å². The van der Waals surface area contributed by atoms with E-state index >= 15 is 0 Å². The van der Waals surface area contributed by atoms with E-state index in [1.165, 1.54) is 18.1 Å². The van der Waals surface area contributed by atoms with E-state index in [1.54, 1.807) is 18.5 Å². The highest BCUT2D eigenvalue weighted by molar-refractivity contribution is 7.91. The van der Waals surface area contributed by atoms with Crippen molar-refractivity contribution < 1.29 is 37.1 Å². The summed E-state index contributed by atoms with van der Waals surface area (Å²) >= 11 is 6.41. The Kier molecular flexibility index (Phi) is 10.7. The zero-order chi connectivity index (χ0) is 38.3. The van der Waals surface area contributed by atoms with Crippen LogP contribution in [0.25, 0.3) is 11.1 Å². The van der Waals surface area contributed by atoms with E-state index in [0.717, 1.165) is 36.8 Å². The van der Waals surface area contributed by atoms with Crippen LogP contribution in [-0.4, -0.2) is 84.7 Å². The molecule has 2 aromatic rings. The van der Waals surface area contributed by atoms with E-state index in [1.807, 2.05) is 45.0 Å². The number of carbonyl (C=O) groups excluding carboxylic acids is 4. The van der Waals surface area contributed by atoms with Gasteiger partial charge in [-0.15, -0.1) is 6.58 Å². The Morgan fingerprint density at radius 3 is 2.30 bits per heavy atom. The quantitative estimate of drug-likeness (QED) is 0.261. The minimum atomic E-state index is -3.91. The molecule has 53 heavy (non-hydrogen) atoms. The lowest BCUT2D eigenvalue weighted by molar-refractivity contribution is -0.143. The molecule has 3 N–H and O–H groups in total. The Morgan fingerprint density at radius 1 is 1.06 bits per heavy atom. The van der Waals surface area contributed by atoms with E-state index in [-0.39, 0.29) is 25.5 Å². The van der Waals surface area contributed by atoms with Crippen LogP contribution in [0.15, 0.2) is 55.4 Å². The van der Waals surface area contributed by atoms with Gasteiger partial charge in [0, 0.05) is 37.4 Å². The Bertz CT molecular complexity index is 1870. The monoisotopic (exact) mass is 769 g/mol. The molecule has 1 aromatic carbocycles. The number of alkyl carbamates (subject to hydrolysis) is 1. The summed E-state index contributed by atoms with van der Waals surface area (Å²) in [6.07, 6.45) is 8.23. The Hall–Kier alpha value is -4.01. The number of rotatable bonds is 12. The molecule has 6 rings (SSSR count). The molecule has 4 aliphatic rings. The highest BCUT2D eigenvalue weighted by atomic mass is 35.5. The normalized spacial score (nSPS) is 26.4. The molecule has 15 heteroatoms. The molecule has 3 aliphatic carbocycles. The van der Waals surface area contributed by atoms with Crippen molar-refractivity contribution in [1.82, 2.24) is 25.2 Å². The summed E-state index contributed by atoms with van der Waals surface area (Å²) in [7, 11) is -2.41. The number of halogens is 1. The largest absolute Gasteiger partial charge is 0.446 e. The molecule has 4 fully saturated rings. The maximum atomic E-state index is 14.7. The van der Waals surface area contributed by atoms with Gasteiger partial charge in [-0.3, -0.25) is 24.1 Å². The molecule has 5 atom stereocenters. The van der Waals surface area contributed by atoms with E-state index in [0.29, 0.717) is 23.4 Å². The lowest BCUT2D eigenvalue weighted by Crippen LogP contribution is -2.60. The van der Waals surface area contributed by atoms with Crippen molar-refractivity contribution in [3.63, 3.8) is 0 Å². The van der Waals surface area contributed by atoms with E-state index in [9.17, 15) is 27.6 Å². The van der Waals surface area contributed by atoms with Crippen LogP contribution in [-0.2, 0) is 39.5 Å². The SMILES string of the molecule is C=C[C@@H]1C[C@]1(NC(=O)[C@@H]1C[C@@](OC)(c2ccc(-c3ccncc3Cl)cc2)CN1C(=O)[C@@H](NC(=O)OC1CCCC1)C(C)(C)C)C(=O)NS(=O)(=O)C1CC1. The van der Waals surface area contributed by atoms with Crippen molar-refractivity contribution in [3.8, 4) is 11.1 Å². The van der Waals surface area contributed by atoms with Crippen LogP contribution < -0.4 is 15.4 Å². The molecule has 1 aliphatic heterocycles. The fourth-order valence-corrected chi connectivity index (χ4v) is 9.11. The summed E-state index contributed by atoms with van der Waals surface area (Å²) in [5, 5.41) is 5.44. The lowest BCUT2D eigenvalue weighted by atomic mass is 9.85. The van der Waals surface area contributed by atoms with Crippen molar-refractivity contribution >= 4 is 45.4 Å². The summed E-state index contributed by atoms with van der Waals surface area (Å²) < 4.78 is 39.5. The molecule has 0 radical (unpaired) electrons. The number of hydrogen-bond acceptors (Lipinski definition) is 9. The second kappa shape index (κ2) is 14.7. The Labute approximate surface area is 315 Å². The molecule has 286 valence electrons. The van der Waals surface area contributed by atoms with Crippen LogP contribution in [0.2, 0.25) is 5.02 Å². The third-order valence-electron chi connectivity index (χ3n) is 11.0. The maximum Gasteiger partial charge on any atom is 0.408 e. The van der Waals surface area contributed by atoms with Gasteiger partial charge in [0.15, 0.2) is 0 Å². The molecular formula is C38H48ClN5O8S. The first kappa shape index (κ1) is 38.7. The molecule has 13 nitrogen and oxygen atoms in total. The van der Waals surface area contributed by atoms with Crippen molar-refractivity contribution in [2.24, 2.45) is 11.3 Å². The second-order valence-electron chi connectivity index (χ2n) is 15.8. The van der Waals surface area contributed by atoms with Crippen LogP contribution in [0.4, 0.5) is 4.79 Å². The summed E-state index contributed by atoms with van der Waals surface area (Å²) in [6, 6.07) is 6.96. The third kappa shape index (κ3) is 7.95. The van der Waals surface area contributed by atoms with Crippen LogP contribution in [0, 0.1) is 11.3 Å². The molecule has 0 unspecified atom stereocenters. The number of aromatic nitrogens is 1. The molecule has 2 heterocycles.